The zero-order valence-electron chi connectivity index (χ0n) is 16.4. The Hall–Kier alpha value is -0.903. The van der Waals surface area contributed by atoms with Crippen LogP contribution in [0.3, 0.4) is 0 Å². The lowest BCUT2D eigenvalue weighted by molar-refractivity contribution is -0.206. The quantitative estimate of drug-likeness (QED) is 0.478. The molecule has 0 saturated heterocycles. The van der Waals surface area contributed by atoms with Crippen molar-refractivity contribution in [3.05, 3.63) is 48.6 Å². The molecule has 0 spiro atoms. The van der Waals surface area contributed by atoms with Crippen LogP contribution in [-0.2, 0) is 15.8 Å². The van der Waals surface area contributed by atoms with Gasteiger partial charge in [-0.3, -0.25) is 0 Å². The van der Waals surface area contributed by atoms with E-state index in [1.807, 2.05) is 12.1 Å². The van der Waals surface area contributed by atoms with Crippen molar-refractivity contribution in [2.24, 2.45) is 11.3 Å². The zero-order chi connectivity index (χ0) is 18.2. The van der Waals surface area contributed by atoms with Crippen LogP contribution in [0.2, 0.25) is 18.1 Å². The Bertz CT molecular complexity index is 557. The molecule has 0 aliphatic heterocycles. The summed E-state index contributed by atoms with van der Waals surface area (Å²) in [6.07, 6.45) is 2.38. The summed E-state index contributed by atoms with van der Waals surface area (Å²) in [5.41, 5.74) is 1.22. The van der Waals surface area contributed by atoms with Gasteiger partial charge in [0.15, 0.2) is 8.32 Å². The molecule has 1 aliphatic carbocycles. The lowest BCUT2D eigenvalue weighted by Crippen LogP contribution is -2.66. The molecular weight excluding hydrogens is 312 g/mol. The molecule has 1 aliphatic rings. The van der Waals surface area contributed by atoms with E-state index in [-0.39, 0.29) is 28.6 Å². The molecular formula is C21H34O2Si. The lowest BCUT2D eigenvalue weighted by atomic mass is 9.59. The van der Waals surface area contributed by atoms with Crippen LogP contribution < -0.4 is 0 Å². The molecule has 2 nitrogen and oxygen atoms in total. The Kier molecular flexibility index (Phi) is 5.48. The first-order chi connectivity index (χ1) is 11.0. The van der Waals surface area contributed by atoms with Gasteiger partial charge in [0.25, 0.3) is 0 Å². The van der Waals surface area contributed by atoms with E-state index in [1.54, 1.807) is 0 Å². The summed E-state index contributed by atoms with van der Waals surface area (Å²) in [6.45, 7) is 20.7. The van der Waals surface area contributed by atoms with Crippen molar-refractivity contribution in [3.63, 3.8) is 0 Å². The minimum atomic E-state index is -1.80. The molecule has 1 aromatic rings. The smallest absolute Gasteiger partial charge is 0.192 e. The van der Waals surface area contributed by atoms with E-state index in [2.05, 4.69) is 78.6 Å². The number of benzene rings is 1. The standard InChI is InChI=1S/C21H34O2Si/c1-9-17-18(22-15-16-13-11-10-12-14-16)21(5,6)19(17)23-24(7,8)20(2,3)4/h9-14,17-19H,1,15H2,2-8H3/t17-,18-,19-/m1/s1. The SMILES string of the molecule is C=C[C@@H]1[C@@H](OCc2ccccc2)C(C)(C)[C@@H]1O[Si](C)(C)C(C)(C)C. The van der Waals surface area contributed by atoms with Crippen LogP contribution in [0.4, 0.5) is 0 Å². The molecule has 134 valence electrons. The number of hydrogen-bond donors (Lipinski definition) is 0. The fraction of sp³-hybridized carbons (Fsp3) is 0.619. The average Bonchev–Trinajstić information content (AvgIpc) is 2.49. The average molecular weight is 347 g/mol. The van der Waals surface area contributed by atoms with Gasteiger partial charge in [-0.1, -0.05) is 71.0 Å². The number of ether oxygens (including phenoxy) is 1. The van der Waals surface area contributed by atoms with E-state index in [1.165, 1.54) is 5.56 Å². The number of rotatable bonds is 6. The fourth-order valence-electron chi connectivity index (χ4n) is 3.25. The topological polar surface area (TPSA) is 18.5 Å². The first-order valence-electron chi connectivity index (χ1n) is 8.96. The molecule has 1 saturated carbocycles. The molecule has 0 heterocycles. The maximum atomic E-state index is 6.73. The maximum Gasteiger partial charge on any atom is 0.192 e. The second-order valence-electron chi connectivity index (χ2n) is 9.15. The van der Waals surface area contributed by atoms with E-state index < -0.39 is 8.32 Å². The van der Waals surface area contributed by atoms with Crippen molar-refractivity contribution in [1.29, 1.82) is 0 Å². The lowest BCUT2D eigenvalue weighted by Gasteiger charge is -2.59. The summed E-state index contributed by atoms with van der Waals surface area (Å²) in [4.78, 5) is 0. The second-order valence-corrected chi connectivity index (χ2v) is 13.9. The molecule has 2 rings (SSSR count). The van der Waals surface area contributed by atoms with Crippen LogP contribution in [-0.4, -0.2) is 20.5 Å². The molecule has 24 heavy (non-hydrogen) atoms. The van der Waals surface area contributed by atoms with Crippen molar-refractivity contribution < 1.29 is 9.16 Å². The Morgan fingerprint density at radius 3 is 2.21 bits per heavy atom. The van der Waals surface area contributed by atoms with Crippen LogP contribution in [0.25, 0.3) is 0 Å². The monoisotopic (exact) mass is 346 g/mol. The predicted molar refractivity (Wildman–Crippen MR) is 105 cm³/mol. The number of hydrogen-bond acceptors (Lipinski definition) is 2. The fourth-order valence-corrected chi connectivity index (χ4v) is 4.70. The highest BCUT2D eigenvalue weighted by atomic mass is 28.4. The Morgan fingerprint density at radius 1 is 1.12 bits per heavy atom. The Labute approximate surface area is 149 Å². The van der Waals surface area contributed by atoms with Gasteiger partial charge in [-0.15, -0.1) is 6.58 Å². The first kappa shape index (κ1) is 19.4. The molecule has 0 unspecified atom stereocenters. The highest BCUT2D eigenvalue weighted by molar-refractivity contribution is 6.74. The molecule has 0 bridgehead atoms. The van der Waals surface area contributed by atoms with Crippen LogP contribution >= 0.6 is 0 Å². The van der Waals surface area contributed by atoms with Crippen LogP contribution in [0.1, 0.15) is 40.2 Å². The normalized spacial score (nSPS) is 26.7. The van der Waals surface area contributed by atoms with Crippen molar-refractivity contribution in [2.45, 2.75) is 71.6 Å². The van der Waals surface area contributed by atoms with E-state index in [0.29, 0.717) is 6.61 Å². The molecule has 0 radical (unpaired) electrons. The largest absolute Gasteiger partial charge is 0.413 e. The van der Waals surface area contributed by atoms with Crippen molar-refractivity contribution in [2.75, 3.05) is 0 Å². The van der Waals surface area contributed by atoms with Crippen molar-refractivity contribution in [3.8, 4) is 0 Å². The minimum Gasteiger partial charge on any atom is -0.413 e. The van der Waals surface area contributed by atoms with Gasteiger partial charge in [0, 0.05) is 11.3 Å². The summed E-state index contributed by atoms with van der Waals surface area (Å²) in [5, 5.41) is 0.213. The van der Waals surface area contributed by atoms with Gasteiger partial charge in [-0.25, -0.2) is 0 Å². The third kappa shape index (κ3) is 3.68. The Balaban J connectivity index is 2.07. The summed E-state index contributed by atoms with van der Waals surface area (Å²) < 4.78 is 13.0. The molecule has 3 heteroatoms. The summed E-state index contributed by atoms with van der Waals surface area (Å²) in [7, 11) is -1.80. The summed E-state index contributed by atoms with van der Waals surface area (Å²) >= 11 is 0. The third-order valence-electron chi connectivity index (χ3n) is 5.94. The molecule has 0 amide bonds. The van der Waals surface area contributed by atoms with Gasteiger partial charge in [-0.05, 0) is 23.7 Å². The molecule has 1 fully saturated rings. The highest BCUT2D eigenvalue weighted by Crippen LogP contribution is 2.53. The van der Waals surface area contributed by atoms with Crippen molar-refractivity contribution >= 4 is 8.32 Å². The van der Waals surface area contributed by atoms with Crippen molar-refractivity contribution in [1.82, 2.24) is 0 Å². The van der Waals surface area contributed by atoms with Gasteiger partial charge in [0.05, 0.1) is 18.8 Å². The summed E-state index contributed by atoms with van der Waals surface area (Å²) in [6, 6.07) is 10.4. The second kappa shape index (κ2) is 6.78. The molecule has 0 aromatic heterocycles. The van der Waals surface area contributed by atoms with E-state index in [0.717, 1.165) is 0 Å². The van der Waals surface area contributed by atoms with E-state index in [9.17, 15) is 0 Å². The maximum absolute atomic E-state index is 6.73. The van der Waals surface area contributed by atoms with E-state index >= 15 is 0 Å². The van der Waals surface area contributed by atoms with Gasteiger partial charge in [-0.2, -0.15) is 0 Å². The van der Waals surface area contributed by atoms with Gasteiger partial charge >= 0.3 is 0 Å². The zero-order valence-corrected chi connectivity index (χ0v) is 17.4. The molecule has 0 N–H and O–H groups in total. The Morgan fingerprint density at radius 2 is 1.71 bits per heavy atom. The minimum absolute atomic E-state index is 0.00313. The summed E-state index contributed by atoms with van der Waals surface area (Å²) in [5.74, 6) is 0.262. The van der Waals surface area contributed by atoms with Gasteiger partial charge < -0.3 is 9.16 Å². The first-order valence-corrected chi connectivity index (χ1v) is 11.9. The van der Waals surface area contributed by atoms with Crippen LogP contribution in [0.15, 0.2) is 43.0 Å². The van der Waals surface area contributed by atoms with Crippen LogP contribution in [0, 0.1) is 11.3 Å². The predicted octanol–water partition coefficient (Wildman–Crippen LogP) is 5.80. The van der Waals surface area contributed by atoms with Crippen LogP contribution in [0.5, 0.6) is 0 Å². The van der Waals surface area contributed by atoms with Gasteiger partial charge in [0.1, 0.15) is 0 Å². The molecule has 3 atom stereocenters. The third-order valence-corrected chi connectivity index (χ3v) is 10.4. The molecule has 1 aromatic carbocycles. The highest BCUT2D eigenvalue weighted by Gasteiger charge is 2.59. The van der Waals surface area contributed by atoms with Gasteiger partial charge in [0.2, 0.25) is 0 Å². The van der Waals surface area contributed by atoms with E-state index in [4.69, 9.17) is 9.16 Å².